The van der Waals surface area contributed by atoms with Gasteiger partial charge in [-0.05, 0) is 69.9 Å². The van der Waals surface area contributed by atoms with Gasteiger partial charge in [-0.3, -0.25) is 0 Å². The Morgan fingerprint density at radius 3 is 2.55 bits per heavy atom. The van der Waals surface area contributed by atoms with Crippen LogP contribution in [0.2, 0.25) is 0 Å². The highest BCUT2D eigenvalue weighted by Crippen LogP contribution is 2.38. The Morgan fingerprint density at radius 2 is 1.83 bits per heavy atom. The van der Waals surface area contributed by atoms with E-state index >= 15 is 0 Å². The predicted molar refractivity (Wildman–Crippen MR) is 118 cm³/mol. The Labute approximate surface area is 171 Å². The second kappa shape index (κ2) is 8.91. The largest absolute Gasteiger partial charge is 0.508 e. The van der Waals surface area contributed by atoms with E-state index in [-0.39, 0.29) is 11.5 Å². The third kappa shape index (κ3) is 5.02. The minimum atomic E-state index is 0.0955. The molecule has 4 heteroatoms. The first kappa shape index (κ1) is 20.6. The molecule has 0 atom stereocenters. The van der Waals surface area contributed by atoms with Crippen LogP contribution in [0.1, 0.15) is 39.2 Å². The Balaban J connectivity index is 1.90. The van der Waals surface area contributed by atoms with Gasteiger partial charge in [-0.25, -0.2) is 0 Å². The van der Waals surface area contributed by atoms with Crippen LogP contribution >= 0.6 is 0 Å². The molecule has 0 bridgehead atoms. The number of phenolic OH excluding ortho intramolecular Hbond substituents is 2. The molecule has 0 aliphatic carbocycles. The van der Waals surface area contributed by atoms with Crippen molar-refractivity contribution in [3.05, 3.63) is 65.3 Å². The van der Waals surface area contributed by atoms with Crippen molar-refractivity contribution in [2.24, 2.45) is 0 Å². The minimum absolute atomic E-state index is 0.0955. The van der Waals surface area contributed by atoms with E-state index in [0.717, 1.165) is 23.8 Å². The van der Waals surface area contributed by atoms with Crippen LogP contribution in [0.4, 0.5) is 0 Å². The number of hydrogen-bond donors (Lipinski definition) is 2. The third-order valence-corrected chi connectivity index (χ3v) is 4.93. The van der Waals surface area contributed by atoms with Gasteiger partial charge in [0, 0.05) is 17.5 Å². The second-order valence-electron chi connectivity index (χ2n) is 7.59. The number of ether oxygens (including phenoxy) is 1. The molecule has 4 nitrogen and oxygen atoms in total. The van der Waals surface area contributed by atoms with Crippen molar-refractivity contribution in [1.29, 1.82) is 0 Å². The summed E-state index contributed by atoms with van der Waals surface area (Å²) >= 11 is 0. The topological polar surface area (TPSA) is 62.8 Å². The molecule has 1 heterocycles. The highest BCUT2D eigenvalue weighted by molar-refractivity contribution is 5.85. The van der Waals surface area contributed by atoms with Crippen LogP contribution in [-0.4, -0.2) is 17.3 Å². The Bertz CT molecular complexity index is 1070. The zero-order valence-corrected chi connectivity index (χ0v) is 17.5. The zero-order chi connectivity index (χ0) is 21.0. The number of aromatic hydroxyl groups is 2. The number of phenols is 2. The summed E-state index contributed by atoms with van der Waals surface area (Å²) in [6.45, 7) is 6.36. The van der Waals surface area contributed by atoms with Crippen molar-refractivity contribution in [1.82, 2.24) is 0 Å². The van der Waals surface area contributed by atoms with Crippen molar-refractivity contribution >= 4 is 11.0 Å². The summed E-state index contributed by atoms with van der Waals surface area (Å²) in [7, 11) is 1.60. The lowest BCUT2D eigenvalue weighted by Gasteiger charge is -2.11. The smallest absolute Gasteiger partial charge is 0.139 e. The number of fused-ring (bicyclic) bond motifs is 1. The van der Waals surface area contributed by atoms with E-state index in [1.165, 1.54) is 11.1 Å². The van der Waals surface area contributed by atoms with Crippen molar-refractivity contribution in [2.45, 2.75) is 40.0 Å². The molecule has 152 valence electrons. The van der Waals surface area contributed by atoms with Gasteiger partial charge in [0.05, 0.1) is 12.7 Å². The molecular weight excluding hydrogens is 364 g/mol. The van der Waals surface area contributed by atoms with Gasteiger partial charge < -0.3 is 19.4 Å². The molecule has 0 fully saturated rings. The van der Waals surface area contributed by atoms with Gasteiger partial charge >= 0.3 is 0 Å². The van der Waals surface area contributed by atoms with E-state index in [2.05, 4.69) is 32.9 Å². The fraction of sp³-hybridized carbons (Fsp3) is 0.280. The molecule has 0 spiro atoms. The average Bonchev–Trinajstić information content (AvgIpc) is 3.09. The molecule has 0 saturated heterocycles. The van der Waals surface area contributed by atoms with Crippen molar-refractivity contribution in [2.75, 3.05) is 7.11 Å². The number of furan rings is 1. The lowest BCUT2D eigenvalue weighted by molar-refractivity contribution is 0.404. The first-order valence-electron chi connectivity index (χ1n) is 9.79. The van der Waals surface area contributed by atoms with Gasteiger partial charge in [0.2, 0.25) is 0 Å². The molecule has 0 radical (unpaired) electrons. The van der Waals surface area contributed by atoms with Gasteiger partial charge in [-0.1, -0.05) is 23.3 Å². The standard InChI is InChI=1S/C25H28O4/c1-16(2)6-5-7-17(3)8-9-18-12-21(22(27)15-23(18)28-4)25-13-19-10-11-20(26)14-24(19)29-25/h6,8,10-15,26-27H,5,7,9H2,1-4H3/b17-8-. The van der Waals surface area contributed by atoms with Gasteiger partial charge in [0.15, 0.2) is 0 Å². The first-order valence-corrected chi connectivity index (χ1v) is 9.79. The van der Waals surface area contributed by atoms with Crippen LogP contribution in [0, 0.1) is 0 Å². The minimum Gasteiger partial charge on any atom is -0.508 e. The highest BCUT2D eigenvalue weighted by Gasteiger charge is 2.15. The maximum absolute atomic E-state index is 10.5. The molecule has 29 heavy (non-hydrogen) atoms. The second-order valence-corrected chi connectivity index (χ2v) is 7.59. The molecule has 0 saturated carbocycles. The summed E-state index contributed by atoms with van der Waals surface area (Å²) in [5, 5.41) is 21.0. The highest BCUT2D eigenvalue weighted by atomic mass is 16.5. The molecule has 3 aromatic rings. The van der Waals surface area contributed by atoms with E-state index in [0.29, 0.717) is 29.1 Å². The Hall–Kier alpha value is -3.14. The van der Waals surface area contributed by atoms with Crippen molar-refractivity contribution in [3.8, 4) is 28.6 Å². The number of methoxy groups -OCH3 is 1. The number of hydrogen-bond acceptors (Lipinski definition) is 4. The maximum atomic E-state index is 10.5. The fourth-order valence-electron chi connectivity index (χ4n) is 3.29. The molecule has 2 N–H and O–H groups in total. The van der Waals surface area contributed by atoms with Crippen LogP contribution in [0.15, 0.2) is 64.1 Å². The van der Waals surface area contributed by atoms with E-state index in [1.54, 1.807) is 31.4 Å². The Kier molecular flexibility index (Phi) is 6.32. The van der Waals surface area contributed by atoms with Gasteiger partial charge in [-0.2, -0.15) is 0 Å². The van der Waals surface area contributed by atoms with Gasteiger partial charge in [-0.15, -0.1) is 0 Å². The molecule has 0 aliphatic heterocycles. The Morgan fingerprint density at radius 1 is 1.03 bits per heavy atom. The van der Waals surface area contributed by atoms with Crippen LogP contribution in [0.5, 0.6) is 17.2 Å². The average molecular weight is 392 g/mol. The number of allylic oxidation sites excluding steroid dienone is 4. The summed E-state index contributed by atoms with van der Waals surface area (Å²) in [6, 6.07) is 10.4. The normalized spacial score (nSPS) is 11.7. The molecule has 1 aromatic heterocycles. The monoisotopic (exact) mass is 392 g/mol. The first-order chi connectivity index (χ1) is 13.9. The van der Waals surface area contributed by atoms with Crippen LogP contribution < -0.4 is 4.74 Å². The van der Waals surface area contributed by atoms with E-state index in [4.69, 9.17) is 9.15 Å². The van der Waals surface area contributed by atoms with E-state index in [1.807, 2.05) is 12.1 Å². The molecular formula is C25H28O4. The van der Waals surface area contributed by atoms with Crippen LogP contribution in [0.3, 0.4) is 0 Å². The molecule has 3 rings (SSSR count). The summed E-state index contributed by atoms with van der Waals surface area (Å²) in [6.07, 6.45) is 7.21. The molecule has 0 amide bonds. The van der Waals surface area contributed by atoms with Crippen molar-refractivity contribution < 1.29 is 19.4 Å². The quantitative estimate of drug-likeness (QED) is 0.436. The van der Waals surface area contributed by atoms with E-state index < -0.39 is 0 Å². The lowest BCUT2D eigenvalue weighted by atomic mass is 10.0. The van der Waals surface area contributed by atoms with Crippen LogP contribution in [-0.2, 0) is 6.42 Å². The van der Waals surface area contributed by atoms with E-state index in [9.17, 15) is 10.2 Å². The molecule has 0 unspecified atom stereocenters. The number of benzene rings is 2. The van der Waals surface area contributed by atoms with Crippen molar-refractivity contribution in [3.63, 3.8) is 0 Å². The SMILES string of the molecule is COc1cc(O)c(-c2cc3ccc(O)cc3o2)cc1C/C=C(/C)CCC=C(C)C. The summed E-state index contributed by atoms with van der Waals surface area (Å²) < 4.78 is 11.3. The predicted octanol–water partition coefficient (Wildman–Crippen LogP) is 6.75. The van der Waals surface area contributed by atoms with Crippen LogP contribution in [0.25, 0.3) is 22.3 Å². The number of rotatable bonds is 7. The lowest BCUT2D eigenvalue weighted by Crippen LogP contribution is -1.93. The third-order valence-electron chi connectivity index (χ3n) is 4.93. The van der Waals surface area contributed by atoms with Gasteiger partial charge in [0.1, 0.15) is 28.6 Å². The summed E-state index contributed by atoms with van der Waals surface area (Å²) in [5.74, 6) is 1.44. The summed E-state index contributed by atoms with van der Waals surface area (Å²) in [5.41, 5.74) is 4.81. The molecule has 2 aromatic carbocycles. The van der Waals surface area contributed by atoms with Gasteiger partial charge in [0.25, 0.3) is 0 Å². The zero-order valence-electron chi connectivity index (χ0n) is 17.5. The fourth-order valence-corrected chi connectivity index (χ4v) is 3.29. The summed E-state index contributed by atoms with van der Waals surface area (Å²) in [4.78, 5) is 0. The molecule has 0 aliphatic rings. The maximum Gasteiger partial charge on any atom is 0.139 e.